The average molecular weight is 131 g/mol. The average Bonchev–Trinajstić information content (AvgIpc) is 1.82. The van der Waals surface area contributed by atoms with Gasteiger partial charge in [-0.15, -0.1) is 0 Å². The van der Waals surface area contributed by atoms with E-state index in [4.69, 9.17) is 0 Å². The number of rotatable bonds is 1. The van der Waals surface area contributed by atoms with E-state index in [1.54, 1.807) is 14.2 Å². The van der Waals surface area contributed by atoms with Crippen LogP contribution in [0, 0.1) is 0 Å². The topological polar surface area (TPSA) is 36.9 Å². The summed E-state index contributed by atoms with van der Waals surface area (Å²) in [7, 11) is 7.01. The maximum atomic E-state index is 4.63. The van der Waals surface area contributed by atoms with Crippen LogP contribution in [0.15, 0.2) is 4.99 Å². The molecule has 0 rings (SSSR count). The fourth-order valence-corrected chi connectivity index (χ4v) is 0.428. The Bertz CT molecular complexity index is 100. The summed E-state index contributed by atoms with van der Waals surface area (Å²) in [4.78, 5) is 10.3. The molecule has 4 nitrogen and oxygen atoms in total. The Kier molecular flexibility index (Phi) is 3.79. The van der Waals surface area contributed by atoms with Gasteiger partial charge in [0.05, 0.1) is 7.11 Å². The first-order valence-corrected chi connectivity index (χ1v) is 2.65. The van der Waals surface area contributed by atoms with E-state index in [-0.39, 0.29) is 0 Å². The molecular formula is C5H13N3O. The molecule has 0 fully saturated rings. The Balaban J connectivity index is 3.70. The molecular weight excluding hydrogens is 118 g/mol. The van der Waals surface area contributed by atoms with Gasteiger partial charge >= 0.3 is 0 Å². The van der Waals surface area contributed by atoms with Crippen LogP contribution in [-0.2, 0) is 4.84 Å². The van der Waals surface area contributed by atoms with E-state index in [2.05, 4.69) is 15.3 Å². The van der Waals surface area contributed by atoms with Crippen LogP contribution >= 0.6 is 0 Å². The summed E-state index contributed by atoms with van der Waals surface area (Å²) in [5.74, 6) is 0.706. The maximum absolute atomic E-state index is 4.63. The molecule has 0 aliphatic carbocycles. The number of nitrogens with one attached hydrogen (secondary N) is 1. The molecule has 0 aromatic carbocycles. The lowest BCUT2D eigenvalue weighted by Crippen LogP contribution is -2.35. The van der Waals surface area contributed by atoms with Crippen molar-refractivity contribution in [1.82, 2.24) is 10.4 Å². The first-order valence-electron chi connectivity index (χ1n) is 2.65. The van der Waals surface area contributed by atoms with Crippen LogP contribution in [0.4, 0.5) is 0 Å². The normalized spacial score (nSPS) is 11.3. The van der Waals surface area contributed by atoms with E-state index in [9.17, 15) is 0 Å². The van der Waals surface area contributed by atoms with Gasteiger partial charge in [-0.05, 0) is 0 Å². The van der Waals surface area contributed by atoms with Crippen LogP contribution in [-0.4, -0.2) is 39.1 Å². The van der Waals surface area contributed by atoms with E-state index >= 15 is 0 Å². The summed E-state index contributed by atoms with van der Waals surface area (Å²) in [6.45, 7) is 0. The lowest BCUT2D eigenvalue weighted by molar-refractivity contribution is 0.135. The smallest absolute Gasteiger partial charge is 0.217 e. The van der Waals surface area contributed by atoms with Gasteiger partial charge in [0.15, 0.2) is 0 Å². The van der Waals surface area contributed by atoms with Crippen molar-refractivity contribution in [1.29, 1.82) is 0 Å². The first kappa shape index (κ1) is 8.23. The van der Waals surface area contributed by atoms with E-state index in [1.165, 1.54) is 0 Å². The summed E-state index contributed by atoms with van der Waals surface area (Å²) in [5.41, 5.74) is 2.61. The number of aliphatic imine (C=N–C) groups is 1. The Morgan fingerprint density at radius 2 is 2.11 bits per heavy atom. The largest absolute Gasteiger partial charge is 0.347 e. The molecule has 4 heteroatoms. The molecule has 0 aliphatic heterocycles. The monoisotopic (exact) mass is 131 g/mol. The quantitative estimate of drug-likeness (QED) is 0.301. The Morgan fingerprint density at radius 3 is 2.22 bits per heavy atom. The molecule has 0 bridgehead atoms. The lowest BCUT2D eigenvalue weighted by Gasteiger charge is -2.14. The molecule has 0 spiro atoms. The van der Waals surface area contributed by atoms with Gasteiger partial charge in [-0.1, -0.05) is 0 Å². The zero-order valence-corrected chi connectivity index (χ0v) is 6.30. The van der Waals surface area contributed by atoms with Crippen molar-refractivity contribution >= 4 is 5.96 Å². The summed E-state index contributed by atoms with van der Waals surface area (Å²) in [6.07, 6.45) is 0. The molecule has 0 heterocycles. The van der Waals surface area contributed by atoms with Gasteiger partial charge in [0.1, 0.15) is 0 Å². The van der Waals surface area contributed by atoms with E-state index in [1.807, 2.05) is 19.0 Å². The van der Waals surface area contributed by atoms with Crippen molar-refractivity contribution in [3.63, 3.8) is 0 Å². The molecule has 0 aromatic heterocycles. The van der Waals surface area contributed by atoms with Crippen LogP contribution in [0.2, 0.25) is 0 Å². The first-order chi connectivity index (χ1) is 4.22. The van der Waals surface area contributed by atoms with Crippen molar-refractivity contribution < 1.29 is 4.84 Å². The van der Waals surface area contributed by atoms with Crippen LogP contribution < -0.4 is 5.48 Å². The van der Waals surface area contributed by atoms with Crippen molar-refractivity contribution in [2.45, 2.75) is 0 Å². The van der Waals surface area contributed by atoms with Gasteiger partial charge in [-0.2, -0.15) is 0 Å². The SMILES string of the molecule is CN=C(NOC)N(C)C. The molecule has 0 aromatic rings. The molecule has 0 saturated heterocycles. The van der Waals surface area contributed by atoms with E-state index < -0.39 is 0 Å². The molecule has 9 heavy (non-hydrogen) atoms. The fraction of sp³-hybridized carbons (Fsp3) is 0.800. The zero-order valence-electron chi connectivity index (χ0n) is 6.30. The van der Waals surface area contributed by atoms with Crippen molar-refractivity contribution in [2.24, 2.45) is 4.99 Å². The highest BCUT2D eigenvalue weighted by Gasteiger charge is 1.95. The minimum Gasteiger partial charge on any atom is -0.347 e. The van der Waals surface area contributed by atoms with Gasteiger partial charge in [0.25, 0.3) is 0 Å². The van der Waals surface area contributed by atoms with Crippen LogP contribution in [0.5, 0.6) is 0 Å². The molecule has 0 saturated carbocycles. The van der Waals surface area contributed by atoms with Gasteiger partial charge < -0.3 is 4.90 Å². The zero-order chi connectivity index (χ0) is 7.28. The van der Waals surface area contributed by atoms with Crippen molar-refractivity contribution in [3.8, 4) is 0 Å². The molecule has 0 aliphatic rings. The standard InChI is InChI=1S/C5H13N3O/c1-6-5(7-9-4)8(2)3/h1-4H3,(H,6,7). The summed E-state index contributed by atoms with van der Waals surface area (Å²) >= 11 is 0. The minimum absolute atomic E-state index is 0.706. The molecule has 0 unspecified atom stereocenters. The number of nitrogens with zero attached hydrogens (tertiary/aromatic N) is 2. The third-order valence-corrected chi connectivity index (χ3v) is 0.829. The molecule has 0 radical (unpaired) electrons. The highest BCUT2D eigenvalue weighted by Crippen LogP contribution is 1.75. The van der Waals surface area contributed by atoms with E-state index in [0.29, 0.717) is 5.96 Å². The second-order valence-electron chi connectivity index (χ2n) is 1.75. The van der Waals surface area contributed by atoms with E-state index in [0.717, 1.165) is 0 Å². The molecule has 54 valence electrons. The predicted molar refractivity (Wildman–Crippen MR) is 37.2 cm³/mol. The third kappa shape index (κ3) is 2.92. The van der Waals surface area contributed by atoms with Crippen molar-refractivity contribution in [2.75, 3.05) is 28.3 Å². The number of hydroxylamine groups is 1. The van der Waals surface area contributed by atoms with Crippen LogP contribution in [0.1, 0.15) is 0 Å². The lowest BCUT2D eigenvalue weighted by atomic mass is 10.8. The summed E-state index contributed by atoms with van der Waals surface area (Å²) in [5, 5.41) is 0. The highest BCUT2D eigenvalue weighted by molar-refractivity contribution is 5.78. The number of guanidine groups is 1. The fourth-order valence-electron chi connectivity index (χ4n) is 0.428. The Hall–Kier alpha value is -0.770. The second-order valence-corrected chi connectivity index (χ2v) is 1.75. The summed E-state index contributed by atoms with van der Waals surface area (Å²) in [6, 6.07) is 0. The molecule has 0 amide bonds. The molecule has 1 N–H and O–H groups in total. The second kappa shape index (κ2) is 4.14. The summed E-state index contributed by atoms with van der Waals surface area (Å²) < 4.78 is 0. The maximum Gasteiger partial charge on any atom is 0.217 e. The van der Waals surface area contributed by atoms with Gasteiger partial charge in [-0.3, -0.25) is 9.83 Å². The molecule has 0 atom stereocenters. The number of hydrogen-bond donors (Lipinski definition) is 1. The predicted octanol–water partition coefficient (Wildman–Crippen LogP) is -0.315. The Labute approximate surface area is 55.5 Å². The van der Waals surface area contributed by atoms with Gasteiger partial charge in [-0.25, -0.2) is 5.48 Å². The highest BCUT2D eigenvalue weighted by atomic mass is 16.6. The Morgan fingerprint density at radius 1 is 1.56 bits per heavy atom. The number of hydrogen-bond acceptors (Lipinski definition) is 2. The van der Waals surface area contributed by atoms with Crippen molar-refractivity contribution in [3.05, 3.63) is 0 Å². The van der Waals surface area contributed by atoms with Gasteiger partial charge in [0.2, 0.25) is 5.96 Å². The third-order valence-electron chi connectivity index (χ3n) is 0.829. The van der Waals surface area contributed by atoms with Crippen LogP contribution in [0.25, 0.3) is 0 Å². The van der Waals surface area contributed by atoms with Gasteiger partial charge in [0, 0.05) is 21.1 Å². The minimum atomic E-state index is 0.706. The van der Waals surface area contributed by atoms with Crippen LogP contribution in [0.3, 0.4) is 0 Å².